The number of hydrogen-bond donors (Lipinski definition) is 1. The summed E-state index contributed by atoms with van der Waals surface area (Å²) in [6, 6.07) is 8.03. The van der Waals surface area contributed by atoms with Crippen LogP contribution < -0.4 is 4.74 Å². The lowest BCUT2D eigenvalue weighted by Gasteiger charge is -2.01. The summed E-state index contributed by atoms with van der Waals surface area (Å²) in [7, 11) is 1.67. The van der Waals surface area contributed by atoms with E-state index < -0.39 is 0 Å². The molecule has 1 aromatic heterocycles. The van der Waals surface area contributed by atoms with E-state index >= 15 is 0 Å². The Hall–Kier alpha value is -1.39. The lowest BCUT2D eigenvalue weighted by atomic mass is 10.1. The van der Waals surface area contributed by atoms with Gasteiger partial charge in [-0.05, 0) is 24.1 Å². The molecule has 0 bridgehead atoms. The van der Waals surface area contributed by atoms with Gasteiger partial charge in [-0.1, -0.05) is 25.5 Å². The molecule has 4 heteroatoms. The Morgan fingerprint density at radius 2 is 2.00 bits per heavy atom. The zero-order valence-corrected chi connectivity index (χ0v) is 12.2. The average molecular weight is 277 g/mol. The van der Waals surface area contributed by atoms with Crippen molar-refractivity contribution in [2.45, 2.75) is 32.8 Å². The highest BCUT2D eigenvalue weighted by molar-refractivity contribution is 7.11. The van der Waals surface area contributed by atoms with Crippen molar-refractivity contribution in [1.29, 1.82) is 0 Å². The minimum atomic E-state index is 0.0929. The predicted octanol–water partition coefficient (Wildman–Crippen LogP) is 3.19. The predicted molar refractivity (Wildman–Crippen MR) is 77.8 cm³/mol. The van der Waals surface area contributed by atoms with Gasteiger partial charge in [-0.25, -0.2) is 4.98 Å². The SMILES string of the molecule is CCCc1nc(Cc2ccc(OC)cc2)sc1CO. The van der Waals surface area contributed by atoms with Gasteiger partial charge < -0.3 is 9.84 Å². The fraction of sp³-hybridized carbons (Fsp3) is 0.400. The molecule has 1 N–H and O–H groups in total. The van der Waals surface area contributed by atoms with Gasteiger partial charge in [0.15, 0.2) is 0 Å². The second-order valence-corrected chi connectivity index (χ2v) is 5.58. The minimum Gasteiger partial charge on any atom is -0.497 e. The molecular weight excluding hydrogens is 258 g/mol. The van der Waals surface area contributed by atoms with Crippen LogP contribution in [0.4, 0.5) is 0 Å². The van der Waals surface area contributed by atoms with Crippen molar-refractivity contribution in [3.63, 3.8) is 0 Å². The van der Waals surface area contributed by atoms with E-state index in [1.165, 1.54) is 5.56 Å². The van der Waals surface area contributed by atoms with Crippen molar-refractivity contribution in [3.05, 3.63) is 45.4 Å². The molecule has 2 aromatic rings. The Balaban J connectivity index is 2.13. The second-order valence-electron chi connectivity index (χ2n) is 4.41. The molecule has 0 aliphatic carbocycles. The monoisotopic (exact) mass is 277 g/mol. The van der Waals surface area contributed by atoms with Gasteiger partial charge in [0.1, 0.15) is 5.75 Å². The summed E-state index contributed by atoms with van der Waals surface area (Å²) >= 11 is 1.61. The van der Waals surface area contributed by atoms with E-state index in [9.17, 15) is 5.11 Å². The minimum absolute atomic E-state index is 0.0929. The van der Waals surface area contributed by atoms with Gasteiger partial charge in [-0.15, -0.1) is 11.3 Å². The number of aryl methyl sites for hydroxylation is 1. The molecule has 1 heterocycles. The summed E-state index contributed by atoms with van der Waals surface area (Å²) in [5, 5.41) is 10.4. The third-order valence-corrected chi connectivity index (χ3v) is 4.05. The molecule has 0 amide bonds. The number of benzene rings is 1. The van der Waals surface area contributed by atoms with Gasteiger partial charge in [0, 0.05) is 6.42 Å². The van der Waals surface area contributed by atoms with Crippen LogP contribution in [0.5, 0.6) is 5.75 Å². The highest BCUT2D eigenvalue weighted by Crippen LogP contribution is 2.23. The Labute approximate surface area is 117 Å². The number of thiazole rings is 1. The van der Waals surface area contributed by atoms with E-state index in [0.29, 0.717) is 0 Å². The Bertz CT molecular complexity index is 519. The molecule has 19 heavy (non-hydrogen) atoms. The highest BCUT2D eigenvalue weighted by atomic mass is 32.1. The number of aromatic nitrogens is 1. The molecule has 0 radical (unpaired) electrons. The molecule has 0 atom stereocenters. The van der Waals surface area contributed by atoms with E-state index in [2.05, 4.69) is 24.0 Å². The van der Waals surface area contributed by atoms with Crippen LogP contribution in [0.3, 0.4) is 0 Å². The van der Waals surface area contributed by atoms with Crippen molar-refractivity contribution in [3.8, 4) is 5.75 Å². The van der Waals surface area contributed by atoms with E-state index in [-0.39, 0.29) is 6.61 Å². The molecule has 0 unspecified atom stereocenters. The number of aliphatic hydroxyl groups is 1. The maximum Gasteiger partial charge on any atom is 0.118 e. The van der Waals surface area contributed by atoms with Gasteiger partial charge in [0.2, 0.25) is 0 Å². The summed E-state index contributed by atoms with van der Waals surface area (Å²) in [6.45, 7) is 2.22. The normalized spacial score (nSPS) is 10.7. The van der Waals surface area contributed by atoms with Crippen LogP contribution >= 0.6 is 11.3 Å². The molecule has 0 spiro atoms. The first-order valence-corrected chi connectivity index (χ1v) is 7.29. The first-order valence-electron chi connectivity index (χ1n) is 6.48. The maximum atomic E-state index is 9.35. The molecule has 0 saturated carbocycles. The molecule has 0 aliphatic heterocycles. The van der Waals surface area contributed by atoms with Gasteiger partial charge in [-0.2, -0.15) is 0 Å². The number of methoxy groups -OCH3 is 1. The fourth-order valence-electron chi connectivity index (χ4n) is 1.99. The third-order valence-electron chi connectivity index (χ3n) is 2.97. The summed E-state index contributed by atoms with van der Waals surface area (Å²) < 4.78 is 5.15. The molecule has 0 saturated heterocycles. The van der Waals surface area contributed by atoms with Crippen molar-refractivity contribution >= 4 is 11.3 Å². The van der Waals surface area contributed by atoms with Crippen LogP contribution in [0.25, 0.3) is 0 Å². The van der Waals surface area contributed by atoms with E-state index in [1.54, 1.807) is 18.4 Å². The Kier molecular flexibility index (Phi) is 4.93. The Morgan fingerprint density at radius 1 is 1.26 bits per heavy atom. The van der Waals surface area contributed by atoms with Crippen LogP contribution in [-0.2, 0) is 19.4 Å². The number of rotatable bonds is 6. The van der Waals surface area contributed by atoms with Crippen molar-refractivity contribution in [1.82, 2.24) is 4.98 Å². The zero-order chi connectivity index (χ0) is 13.7. The van der Waals surface area contributed by atoms with Gasteiger partial charge in [0.05, 0.1) is 29.3 Å². The van der Waals surface area contributed by atoms with Gasteiger partial charge in [0.25, 0.3) is 0 Å². The Morgan fingerprint density at radius 3 is 2.58 bits per heavy atom. The van der Waals surface area contributed by atoms with Crippen LogP contribution in [-0.4, -0.2) is 17.2 Å². The topological polar surface area (TPSA) is 42.4 Å². The summed E-state index contributed by atoms with van der Waals surface area (Å²) in [5.74, 6) is 0.866. The van der Waals surface area contributed by atoms with Crippen molar-refractivity contribution in [2.75, 3.05) is 7.11 Å². The molecule has 1 aromatic carbocycles. The van der Waals surface area contributed by atoms with E-state index in [4.69, 9.17) is 4.74 Å². The number of aliphatic hydroxyl groups excluding tert-OH is 1. The van der Waals surface area contributed by atoms with E-state index in [1.807, 2.05) is 12.1 Å². The van der Waals surface area contributed by atoms with Crippen LogP contribution in [0.1, 0.15) is 34.5 Å². The standard InChI is InChI=1S/C15H19NO2S/c1-3-4-13-14(10-17)19-15(16-13)9-11-5-7-12(18-2)8-6-11/h5-8,17H,3-4,9-10H2,1-2H3. The van der Waals surface area contributed by atoms with Crippen LogP contribution in [0, 0.1) is 0 Å². The third kappa shape index (κ3) is 3.55. The second kappa shape index (κ2) is 6.68. The van der Waals surface area contributed by atoms with E-state index in [0.717, 1.165) is 40.6 Å². The molecule has 2 rings (SSSR count). The molecule has 102 valence electrons. The lowest BCUT2D eigenvalue weighted by molar-refractivity contribution is 0.284. The molecule has 0 aliphatic rings. The largest absolute Gasteiger partial charge is 0.497 e. The number of hydrogen-bond acceptors (Lipinski definition) is 4. The van der Waals surface area contributed by atoms with Crippen molar-refractivity contribution in [2.24, 2.45) is 0 Å². The highest BCUT2D eigenvalue weighted by Gasteiger charge is 2.10. The summed E-state index contributed by atoms with van der Waals surface area (Å²) in [4.78, 5) is 5.64. The van der Waals surface area contributed by atoms with Crippen LogP contribution in [0.15, 0.2) is 24.3 Å². The first kappa shape index (κ1) is 14.0. The fourth-order valence-corrected chi connectivity index (χ4v) is 3.00. The van der Waals surface area contributed by atoms with Gasteiger partial charge >= 0.3 is 0 Å². The number of nitrogens with zero attached hydrogens (tertiary/aromatic N) is 1. The van der Waals surface area contributed by atoms with Crippen molar-refractivity contribution < 1.29 is 9.84 Å². The molecule has 0 fully saturated rings. The summed E-state index contributed by atoms with van der Waals surface area (Å²) in [5.41, 5.74) is 2.26. The van der Waals surface area contributed by atoms with Crippen LogP contribution in [0.2, 0.25) is 0 Å². The smallest absolute Gasteiger partial charge is 0.118 e. The molecular formula is C15H19NO2S. The lowest BCUT2D eigenvalue weighted by Crippen LogP contribution is -1.91. The van der Waals surface area contributed by atoms with Gasteiger partial charge in [-0.3, -0.25) is 0 Å². The maximum absolute atomic E-state index is 9.35. The number of ether oxygens (including phenoxy) is 1. The molecule has 3 nitrogen and oxygen atoms in total. The zero-order valence-electron chi connectivity index (χ0n) is 11.3. The quantitative estimate of drug-likeness (QED) is 0.881. The summed E-state index contributed by atoms with van der Waals surface area (Å²) in [6.07, 6.45) is 2.80. The first-order chi connectivity index (χ1) is 9.26. The average Bonchev–Trinajstić information content (AvgIpc) is 2.82.